The van der Waals surface area contributed by atoms with Gasteiger partial charge in [-0.25, -0.2) is 14.6 Å². The van der Waals surface area contributed by atoms with Gasteiger partial charge in [-0.05, 0) is 40.8 Å². The number of benzene rings is 1. The first-order valence-electron chi connectivity index (χ1n) is 4.61. The summed E-state index contributed by atoms with van der Waals surface area (Å²) in [4.78, 5) is 8.38. The summed E-state index contributed by atoms with van der Waals surface area (Å²) >= 11 is 2.20. The molecule has 0 fully saturated rings. The van der Waals surface area contributed by atoms with Crippen molar-refractivity contribution in [2.45, 2.75) is 0 Å². The van der Waals surface area contributed by atoms with E-state index in [0.29, 0.717) is 0 Å². The molecule has 0 aliphatic rings. The van der Waals surface area contributed by atoms with Gasteiger partial charge in [-0.3, -0.25) is 0 Å². The minimum Gasteiger partial charge on any atom is -0.236 e. The van der Waals surface area contributed by atoms with Gasteiger partial charge in [-0.15, -0.1) is 5.10 Å². The summed E-state index contributed by atoms with van der Waals surface area (Å²) in [6.07, 6.45) is 5.01. The topological polar surface area (TPSA) is 56.5 Å². The highest BCUT2D eigenvalue weighted by molar-refractivity contribution is 14.1. The molecule has 6 heteroatoms. The van der Waals surface area contributed by atoms with Crippen LogP contribution in [0.3, 0.4) is 0 Å². The predicted molar refractivity (Wildman–Crippen MR) is 67.2 cm³/mol. The average molecular weight is 323 g/mol. The number of halogens is 1. The van der Waals surface area contributed by atoms with Crippen LogP contribution in [0.5, 0.6) is 0 Å². The molecule has 5 nitrogen and oxygen atoms in total. The molecular weight excluding hydrogens is 317 g/mol. The largest absolute Gasteiger partial charge is 0.236 e. The van der Waals surface area contributed by atoms with Gasteiger partial charge in [0.1, 0.15) is 10.0 Å². The van der Waals surface area contributed by atoms with Crippen molar-refractivity contribution in [3.8, 4) is 5.69 Å². The average Bonchev–Trinajstić information content (AvgIpc) is 2.82. The molecule has 0 unspecified atom stereocenters. The third kappa shape index (κ3) is 1.54. The van der Waals surface area contributed by atoms with E-state index in [4.69, 9.17) is 0 Å². The molecule has 0 aliphatic carbocycles. The molecular formula is C10H6IN5. The van der Waals surface area contributed by atoms with Crippen molar-refractivity contribution in [2.24, 2.45) is 0 Å². The van der Waals surface area contributed by atoms with E-state index >= 15 is 0 Å². The zero-order valence-corrected chi connectivity index (χ0v) is 10.2. The monoisotopic (exact) mass is 323 g/mol. The maximum atomic E-state index is 4.24. The molecule has 0 amide bonds. The Balaban J connectivity index is 2.24. The summed E-state index contributed by atoms with van der Waals surface area (Å²) in [6.45, 7) is 0. The molecule has 0 saturated heterocycles. The van der Waals surface area contributed by atoms with Crippen LogP contribution in [0.25, 0.3) is 16.6 Å². The summed E-state index contributed by atoms with van der Waals surface area (Å²) in [7, 11) is 0. The normalized spacial score (nSPS) is 10.8. The Bertz CT molecular complexity index is 635. The van der Waals surface area contributed by atoms with Gasteiger partial charge in [-0.2, -0.15) is 0 Å². The fourth-order valence-corrected chi connectivity index (χ4v) is 2.08. The molecule has 1 aromatic carbocycles. The van der Waals surface area contributed by atoms with Crippen LogP contribution in [0.2, 0.25) is 0 Å². The van der Waals surface area contributed by atoms with Gasteiger partial charge in [0.05, 0.1) is 23.6 Å². The van der Waals surface area contributed by atoms with E-state index in [-0.39, 0.29) is 0 Å². The fraction of sp³-hybridized carbons (Fsp3) is 0. The molecule has 0 radical (unpaired) electrons. The van der Waals surface area contributed by atoms with Gasteiger partial charge in [0.15, 0.2) is 0 Å². The Labute approximate surface area is 105 Å². The van der Waals surface area contributed by atoms with Gasteiger partial charge < -0.3 is 0 Å². The lowest BCUT2D eigenvalue weighted by atomic mass is 10.2. The zero-order chi connectivity index (χ0) is 11.0. The van der Waals surface area contributed by atoms with E-state index in [0.717, 1.165) is 20.3 Å². The molecule has 16 heavy (non-hydrogen) atoms. The molecule has 0 spiro atoms. The third-order valence-corrected chi connectivity index (χ3v) is 3.12. The van der Waals surface area contributed by atoms with Crippen molar-refractivity contribution in [3.63, 3.8) is 0 Å². The van der Waals surface area contributed by atoms with E-state index in [1.165, 1.54) is 0 Å². The molecule has 3 rings (SSSR count). The maximum Gasteiger partial charge on any atom is 0.117 e. The number of rotatable bonds is 1. The second-order valence-electron chi connectivity index (χ2n) is 3.21. The van der Waals surface area contributed by atoms with Crippen LogP contribution in [0.15, 0.2) is 36.9 Å². The van der Waals surface area contributed by atoms with Gasteiger partial charge in [0.25, 0.3) is 0 Å². The van der Waals surface area contributed by atoms with Gasteiger partial charge >= 0.3 is 0 Å². The highest BCUT2D eigenvalue weighted by Gasteiger charge is 2.03. The second-order valence-corrected chi connectivity index (χ2v) is 4.24. The van der Waals surface area contributed by atoms with Crippen molar-refractivity contribution in [2.75, 3.05) is 0 Å². The van der Waals surface area contributed by atoms with Crippen molar-refractivity contribution < 1.29 is 0 Å². The highest BCUT2D eigenvalue weighted by atomic mass is 127. The lowest BCUT2D eigenvalue weighted by molar-refractivity contribution is 0.804. The van der Waals surface area contributed by atoms with Crippen LogP contribution >= 0.6 is 22.6 Å². The first kappa shape index (κ1) is 9.64. The molecule has 0 saturated carbocycles. The minimum absolute atomic E-state index is 0.910. The van der Waals surface area contributed by atoms with Crippen LogP contribution in [0.4, 0.5) is 0 Å². The Morgan fingerprint density at radius 1 is 1.19 bits per heavy atom. The lowest BCUT2D eigenvalue weighted by Gasteiger charge is -2.02. The van der Waals surface area contributed by atoms with Gasteiger partial charge in [0, 0.05) is 5.39 Å². The quantitative estimate of drug-likeness (QED) is 0.506. The Morgan fingerprint density at radius 2 is 2.12 bits per heavy atom. The second kappa shape index (κ2) is 3.78. The Hall–Kier alpha value is -1.57. The molecule has 0 aliphatic heterocycles. The van der Waals surface area contributed by atoms with Crippen LogP contribution in [-0.2, 0) is 0 Å². The number of nitrogens with zero attached hydrogens (tertiary/aromatic N) is 5. The van der Waals surface area contributed by atoms with E-state index in [9.17, 15) is 0 Å². The van der Waals surface area contributed by atoms with E-state index in [1.54, 1.807) is 23.4 Å². The lowest BCUT2D eigenvalue weighted by Crippen LogP contribution is -1.96. The third-order valence-electron chi connectivity index (χ3n) is 2.26. The molecule has 3 aromatic rings. The molecule has 2 heterocycles. The first-order valence-corrected chi connectivity index (χ1v) is 5.69. The number of aromatic nitrogens is 5. The predicted octanol–water partition coefficient (Wildman–Crippen LogP) is 1.82. The smallest absolute Gasteiger partial charge is 0.117 e. The van der Waals surface area contributed by atoms with Crippen molar-refractivity contribution in [1.29, 1.82) is 0 Å². The molecule has 0 N–H and O–H groups in total. The van der Waals surface area contributed by atoms with Crippen LogP contribution in [0, 0.1) is 3.70 Å². The maximum absolute atomic E-state index is 4.24. The summed E-state index contributed by atoms with van der Waals surface area (Å²) in [5.41, 5.74) is 1.85. The first-order chi connectivity index (χ1) is 7.84. The summed E-state index contributed by atoms with van der Waals surface area (Å²) in [6, 6.07) is 5.94. The number of hydrogen-bond donors (Lipinski definition) is 0. The Kier molecular flexibility index (Phi) is 2.28. The summed E-state index contributed by atoms with van der Waals surface area (Å²) in [5, 5.41) is 8.76. The molecule has 0 bridgehead atoms. The van der Waals surface area contributed by atoms with E-state index < -0.39 is 0 Å². The fourth-order valence-electron chi connectivity index (χ4n) is 1.50. The standard InChI is InChI=1S/C10H6IN5/c11-10-8-2-1-7(16-4-3-14-15-16)5-9(8)12-6-13-10/h1-6H. The van der Waals surface area contributed by atoms with E-state index in [2.05, 4.69) is 42.9 Å². The highest BCUT2D eigenvalue weighted by Crippen LogP contribution is 2.19. The van der Waals surface area contributed by atoms with Crippen molar-refractivity contribution >= 4 is 33.5 Å². The van der Waals surface area contributed by atoms with Crippen molar-refractivity contribution in [3.05, 3.63) is 40.6 Å². The van der Waals surface area contributed by atoms with Gasteiger partial charge in [-0.1, -0.05) is 5.21 Å². The van der Waals surface area contributed by atoms with Crippen LogP contribution < -0.4 is 0 Å². The number of fused-ring (bicyclic) bond motifs is 1. The van der Waals surface area contributed by atoms with Crippen LogP contribution in [-0.4, -0.2) is 25.0 Å². The molecule has 0 atom stereocenters. The SMILES string of the molecule is Ic1ncnc2cc(-n3ccnn3)ccc12. The summed E-state index contributed by atoms with van der Waals surface area (Å²) in [5.74, 6) is 0. The minimum atomic E-state index is 0.910. The van der Waals surface area contributed by atoms with Crippen LogP contribution in [0.1, 0.15) is 0 Å². The van der Waals surface area contributed by atoms with Crippen molar-refractivity contribution in [1.82, 2.24) is 25.0 Å². The summed E-state index contributed by atoms with van der Waals surface area (Å²) < 4.78 is 2.65. The molecule has 78 valence electrons. The zero-order valence-electron chi connectivity index (χ0n) is 8.08. The number of hydrogen-bond acceptors (Lipinski definition) is 4. The van der Waals surface area contributed by atoms with Gasteiger partial charge in [0.2, 0.25) is 0 Å². The van der Waals surface area contributed by atoms with E-state index in [1.807, 2.05) is 18.2 Å². The Morgan fingerprint density at radius 3 is 2.94 bits per heavy atom. The molecule has 2 aromatic heterocycles.